The van der Waals surface area contributed by atoms with Gasteiger partial charge in [0.15, 0.2) is 11.5 Å². The van der Waals surface area contributed by atoms with Crippen LogP contribution in [0.25, 0.3) is 0 Å². The highest BCUT2D eigenvalue weighted by Gasteiger charge is 2.44. The van der Waals surface area contributed by atoms with Gasteiger partial charge >= 0.3 is 0 Å². The van der Waals surface area contributed by atoms with Crippen LogP contribution in [0.15, 0.2) is 52.1 Å². The molecule has 0 saturated heterocycles. The highest BCUT2D eigenvalue weighted by atomic mass is 35.5. The van der Waals surface area contributed by atoms with Crippen LogP contribution in [-0.4, -0.2) is 52.8 Å². The average molecular weight is 431 g/mol. The molecule has 1 aliphatic heterocycles. The van der Waals surface area contributed by atoms with Gasteiger partial charge in [-0.3, -0.25) is 9.59 Å². The van der Waals surface area contributed by atoms with Crippen LogP contribution < -0.4 is 0 Å². The summed E-state index contributed by atoms with van der Waals surface area (Å²) in [5.41, 5.74) is 0.703. The largest absolute Gasteiger partial charge is 0.503 e. The lowest BCUT2D eigenvalue weighted by atomic mass is 9.95. The van der Waals surface area contributed by atoms with Crippen LogP contribution in [-0.2, 0) is 4.79 Å². The minimum Gasteiger partial charge on any atom is -0.503 e. The molecular formula is C23H27ClN2O4. The number of aliphatic hydroxyl groups excluding tert-OH is 1. The van der Waals surface area contributed by atoms with Crippen LogP contribution in [0.3, 0.4) is 0 Å². The second-order valence-electron chi connectivity index (χ2n) is 7.34. The summed E-state index contributed by atoms with van der Waals surface area (Å²) in [6, 6.07) is 9.54. The normalized spacial score (nSPS) is 16.8. The number of nitrogens with zero attached hydrogens (tertiary/aromatic N) is 2. The molecule has 1 N–H and O–H groups in total. The maximum atomic E-state index is 13.2. The maximum Gasteiger partial charge on any atom is 0.290 e. The molecule has 0 aliphatic carbocycles. The zero-order valence-corrected chi connectivity index (χ0v) is 18.3. The lowest BCUT2D eigenvalue weighted by Gasteiger charge is -2.28. The number of carbonyl (C=O) groups is 2. The first-order chi connectivity index (χ1) is 14.4. The number of halogens is 1. The number of Topliss-reactive ketones (excluding diaryl/α,β-unsaturated/α-hetero) is 1. The highest BCUT2D eigenvalue weighted by Crippen LogP contribution is 2.39. The summed E-state index contributed by atoms with van der Waals surface area (Å²) in [6.07, 6.45) is 0.721. The van der Waals surface area contributed by atoms with Crippen molar-refractivity contribution in [1.29, 1.82) is 0 Å². The van der Waals surface area contributed by atoms with Gasteiger partial charge in [-0.05, 0) is 62.8 Å². The van der Waals surface area contributed by atoms with E-state index in [0.717, 1.165) is 26.1 Å². The van der Waals surface area contributed by atoms with Crippen molar-refractivity contribution in [1.82, 2.24) is 9.80 Å². The van der Waals surface area contributed by atoms with Gasteiger partial charge in [-0.15, -0.1) is 0 Å². The lowest BCUT2D eigenvalue weighted by molar-refractivity contribution is -0.129. The van der Waals surface area contributed by atoms with E-state index in [0.29, 0.717) is 22.9 Å². The molecular weight excluding hydrogens is 404 g/mol. The molecule has 6 nitrogen and oxygen atoms in total. The molecule has 2 aromatic rings. The smallest absolute Gasteiger partial charge is 0.290 e. The van der Waals surface area contributed by atoms with Crippen molar-refractivity contribution >= 4 is 23.3 Å². The van der Waals surface area contributed by atoms with E-state index in [9.17, 15) is 14.7 Å². The second kappa shape index (κ2) is 9.49. The fourth-order valence-electron chi connectivity index (χ4n) is 3.83. The van der Waals surface area contributed by atoms with Crippen LogP contribution in [0, 0.1) is 6.92 Å². The Hall–Kier alpha value is -2.57. The first-order valence-corrected chi connectivity index (χ1v) is 10.6. The molecule has 0 bridgehead atoms. The Kier molecular flexibility index (Phi) is 7.00. The van der Waals surface area contributed by atoms with Crippen molar-refractivity contribution in [3.05, 3.63) is 69.8 Å². The standard InChI is InChI=1S/C23H27ClN2O4/c1-4-25(5-2)12-7-13-26-20(16-8-6-9-17(24)14-16)19(22(28)23(26)29)21(27)18-11-10-15(3)30-18/h6,8-11,14,20,28H,4-5,7,12-13H2,1-3H3/t20-/m0/s1. The van der Waals surface area contributed by atoms with Gasteiger partial charge in [0, 0.05) is 11.6 Å². The minimum atomic E-state index is -0.717. The molecule has 1 aromatic heterocycles. The van der Waals surface area contributed by atoms with E-state index in [4.69, 9.17) is 16.0 Å². The molecule has 1 amide bonds. The Bertz CT molecular complexity index is 962. The van der Waals surface area contributed by atoms with Gasteiger partial charge < -0.3 is 19.3 Å². The number of aryl methyl sites for hydroxylation is 1. The molecule has 160 valence electrons. The van der Waals surface area contributed by atoms with Crippen LogP contribution in [0.2, 0.25) is 5.02 Å². The molecule has 0 saturated carbocycles. The molecule has 1 atom stereocenters. The number of hydrogen-bond donors (Lipinski definition) is 1. The van der Waals surface area contributed by atoms with Gasteiger partial charge in [0.1, 0.15) is 5.76 Å². The summed E-state index contributed by atoms with van der Waals surface area (Å²) in [6.45, 7) is 8.99. The predicted molar refractivity (Wildman–Crippen MR) is 116 cm³/mol. The quantitative estimate of drug-likeness (QED) is 0.590. The van der Waals surface area contributed by atoms with Crippen LogP contribution in [0.4, 0.5) is 0 Å². The Morgan fingerprint density at radius 1 is 1.23 bits per heavy atom. The molecule has 0 unspecified atom stereocenters. The topological polar surface area (TPSA) is 74.0 Å². The zero-order valence-electron chi connectivity index (χ0n) is 17.5. The van der Waals surface area contributed by atoms with Gasteiger partial charge in [-0.25, -0.2) is 0 Å². The number of furan rings is 1. The van der Waals surface area contributed by atoms with Gasteiger partial charge in [-0.2, -0.15) is 0 Å². The van der Waals surface area contributed by atoms with E-state index in [1.165, 1.54) is 0 Å². The van der Waals surface area contributed by atoms with Gasteiger partial charge in [0.25, 0.3) is 5.91 Å². The number of rotatable bonds is 9. The molecule has 30 heavy (non-hydrogen) atoms. The summed E-state index contributed by atoms with van der Waals surface area (Å²) in [4.78, 5) is 29.9. The molecule has 0 fully saturated rings. The number of amides is 1. The van der Waals surface area contributed by atoms with E-state index in [2.05, 4.69) is 18.7 Å². The van der Waals surface area contributed by atoms with E-state index in [-0.39, 0.29) is 11.3 Å². The number of carbonyl (C=O) groups excluding carboxylic acids is 2. The zero-order chi connectivity index (χ0) is 21.8. The molecule has 3 rings (SSSR count). The molecule has 7 heteroatoms. The minimum absolute atomic E-state index is 0.0273. The van der Waals surface area contributed by atoms with Crippen molar-refractivity contribution in [2.45, 2.75) is 33.2 Å². The summed E-state index contributed by atoms with van der Waals surface area (Å²) in [7, 11) is 0. The fraction of sp³-hybridized carbons (Fsp3) is 0.391. The maximum absolute atomic E-state index is 13.2. The van der Waals surface area contributed by atoms with Crippen molar-refractivity contribution in [2.24, 2.45) is 0 Å². The molecule has 0 spiro atoms. The molecule has 1 aromatic carbocycles. The summed E-state index contributed by atoms with van der Waals surface area (Å²) in [5, 5.41) is 11.1. The third-order valence-electron chi connectivity index (χ3n) is 5.44. The van der Waals surface area contributed by atoms with Crippen molar-refractivity contribution < 1.29 is 19.1 Å². The number of ketones is 1. The van der Waals surface area contributed by atoms with Crippen LogP contribution in [0.5, 0.6) is 0 Å². The molecule has 1 aliphatic rings. The Balaban J connectivity index is 1.95. The number of benzene rings is 1. The van der Waals surface area contributed by atoms with E-state index < -0.39 is 23.5 Å². The average Bonchev–Trinajstić information content (AvgIpc) is 3.27. The van der Waals surface area contributed by atoms with Gasteiger partial charge in [0.05, 0.1) is 11.6 Å². The van der Waals surface area contributed by atoms with E-state index >= 15 is 0 Å². The van der Waals surface area contributed by atoms with Gasteiger partial charge in [-0.1, -0.05) is 37.6 Å². The Labute approximate surface area is 181 Å². The molecule has 2 heterocycles. The van der Waals surface area contributed by atoms with Crippen molar-refractivity contribution in [3.63, 3.8) is 0 Å². The molecule has 0 radical (unpaired) electrons. The van der Waals surface area contributed by atoms with E-state index in [1.54, 1.807) is 48.2 Å². The van der Waals surface area contributed by atoms with Crippen LogP contribution in [0.1, 0.15) is 48.2 Å². The fourth-order valence-corrected chi connectivity index (χ4v) is 4.03. The number of aliphatic hydroxyl groups is 1. The summed E-state index contributed by atoms with van der Waals surface area (Å²) >= 11 is 6.18. The SMILES string of the molecule is CCN(CC)CCCN1C(=O)C(O)=C(C(=O)c2ccc(C)o2)[C@@H]1c1cccc(Cl)c1. The van der Waals surface area contributed by atoms with Crippen molar-refractivity contribution in [3.8, 4) is 0 Å². The monoisotopic (exact) mass is 430 g/mol. The predicted octanol–water partition coefficient (Wildman–Crippen LogP) is 4.55. The second-order valence-corrected chi connectivity index (χ2v) is 7.77. The van der Waals surface area contributed by atoms with E-state index in [1.807, 2.05) is 0 Å². The Morgan fingerprint density at radius 3 is 2.57 bits per heavy atom. The first kappa shape index (κ1) is 22.1. The first-order valence-electron chi connectivity index (χ1n) is 10.2. The van der Waals surface area contributed by atoms with Crippen LogP contribution >= 0.6 is 11.6 Å². The Morgan fingerprint density at radius 2 is 1.97 bits per heavy atom. The summed E-state index contributed by atoms with van der Waals surface area (Å²) in [5.74, 6) is -0.893. The third-order valence-corrected chi connectivity index (χ3v) is 5.68. The van der Waals surface area contributed by atoms with Crippen molar-refractivity contribution in [2.75, 3.05) is 26.2 Å². The highest BCUT2D eigenvalue weighted by molar-refractivity contribution is 6.30. The third kappa shape index (κ3) is 4.45. The lowest BCUT2D eigenvalue weighted by Crippen LogP contribution is -2.34. The number of hydrogen-bond acceptors (Lipinski definition) is 5. The van der Waals surface area contributed by atoms with Gasteiger partial charge in [0.2, 0.25) is 5.78 Å². The summed E-state index contributed by atoms with van der Waals surface area (Å²) < 4.78 is 5.47.